The Morgan fingerprint density at radius 2 is 0.571 bits per heavy atom. The van der Waals surface area contributed by atoms with Crippen molar-refractivity contribution in [3.8, 4) is 0 Å². The Hall–Kier alpha value is -3.14. The van der Waals surface area contributed by atoms with Crippen molar-refractivity contribution in [1.29, 1.82) is 0 Å². The number of anilines is 6. The third-order valence-corrected chi connectivity index (χ3v) is 7.52. The summed E-state index contributed by atoms with van der Waals surface area (Å²) in [5, 5.41) is 0. The molecule has 3 aromatic carbocycles. The number of hydrogen-bond donors (Lipinski definition) is 0. The quantitative estimate of drug-likeness (QED) is 0.170. The van der Waals surface area contributed by atoms with Crippen molar-refractivity contribution < 1.29 is 0 Å². The van der Waals surface area contributed by atoms with Gasteiger partial charge in [0.2, 0.25) is 0 Å². The van der Waals surface area contributed by atoms with E-state index < -0.39 is 0 Å². The molecule has 42 heavy (non-hydrogen) atoms. The Kier molecular flexibility index (Phi) is 12.6. The van der Waals surface area contributed by atoms with Crippen LogP contribution in [-0.2, 0) is 0 Å². The van der Waals surface area contributed by atoms with Gasteiger partial charge in [-0.2, -0.15) is 0 Å². The van der Waals surface area contributed by atoms with E-state index in [0.717, 1.165) is 39.3 Å². The SMILES string of the molecule is CCN(CC)c1ccc(N(c2ccc(N(CC(C)C)CC(C)C)cc2)c2ccc(N(CC(C)C)CC(C)C)cc2)cc1. The Morgan fingerprint density at radius 3 is 0.786 bits per heavy atom. The lowest BCUT2D eigenvalue weighted by molar-refractivity contribution is 0.552. The highest BCUT2D eigenvalue weighted by molar-refractivity contribution is 5.79. The molecule has 0 radical (unpaired) electrons. The smallest absolute Gasteiger partial charge is 0.0463 e. The van der Waals surface area contributed by atoms with E-state index in [4.69, 9.17) is 0 Å². The fraction of sp³-hybridized carbons (Fsp3) is 0.526. The lowest BCUT2D eigenvalue weighted by Crippen LogP contribution is -2.31. The minimum Gasteiger partial charge on any atom is -0.372 e. The zero-order chi connectivity index (χ0) is 30.8. The fourth-order valence-electron chi connectivity index (χ4n) is 5.81. The van der Waals surface area contributed by atoms with E-state index in [0.29, 0.717) is 23.7 Å². The van der Waals surface area contributed by atoms with Gasteiger partial charge in [0, 0.05) is 73.4 Å². The van der Waals surface area contributed by atoms with Crippen LogP contribution in [0.3, 0.4) is 0 Å². The molecule has 0 fully saturated rings. The van der Waals surface area contributed by atoms with Gasteiger partial charge in [0.05, 0.1) is 0 Å². The maximum atomic E-state index is 2.54. The number of rotatable bonds is 16. The van der Waals surface area contributed by atoms with E-state index in [-0.39, 0.29) is 0 Å². The van der Waals surface area contributed by atoms with Gasteiger partial charge in [-0.15, -0.1) is 0 Å². The number of benzene rings is 3. The second-order valence-electron chi connectivity index (χ2n) is 13.4. The molecule has 0 heterocycles. The van der Waals surface area contributed by atoms with Crippen LogP contribution in [0.4, 0.5) is 34.1 Å². The molecule has 3 aromatic rings. The van der Waals surface area contributed by atoms with Gasteiger partial charge in [0.15, 0.2) is 0 Å². The van der Waals surface area contributed by atoms with Crippen molar-refractivity contribution in [2.45, 2.75) is 69.2 Å². The zero-order valence-electron chi connectivity index (χ0n) is 28.3. The topological polar surface area (TPSA) is 13.0 Å². The molecule has 0 aliphatic rings. The summed E-state index contributed by atoms with van der Waals surface area (Å²) < 4.78 is 0. The lowest BCUT2D eigenvalue weighted by Gasteiger charge is -2.31. The first-order valence-electron chi connectivity index (χ1n) is 16.4. The maximum Gasteiger partial charge on any atom is 0.0463 e. The molecule has 230 valence electrons. The summed E-state index contributed by atoms with van der Waals surface area (Å²) in [5.41, 5.74) is 7.40. The first-order chi connectivity index (χ1) is 20.0. The summed E-state index contributed by atoms with van der Waals surface area (Å²) >= 11 is 0. The molecular weight excluding hydrogens is 512 g/mol. The molecule has 0 amide bonds. The van der Waals surface area contributed by atoms with Crippen LogP contribution < -0.4 is 19.6 Å². The molecule has 0 N–H and O–H groups in total. The van der Waals surface area contributed by atoms with Crippen LogP contribution in [0.15, 0.2) is 72.8 Å². The van der Waals surface area contributed by atoms with Crippen molar-refractivity contribution in [2.75, 3.05) is 58.9 Å². The first kappa shape index (κ1) is 33.4. The number of nitrogens with zero attached hydrogens (tertiary/aromatic N) is 4. The molecule has 3 rings (SSSR count). The van der Waals surface area contributed by atoms with Crippen LogP contribution in [0.2, 0.25) is 0 Å². The summed E-state index contributed by atoms with van der Waals surface area (Å²) in [6, 6.07) is 27.4. The molecule has 0 aliphatic carbocycles. The largest absolute Gasteiger partial charge is 0.372 e. The Morgan fingerprint density at radius 1 is 0.357 bits per heavy atom. The van der Waals surface area contributed by atoms with Gasteiger partial charge in [-0.05, 0) is 110 Å². The van der Waals surface area contributed by atoms with Crippen molar-refractivity contribution in [1.82, 2.24) is 0 Å². The third kappa shape index (κ3) is 9.44. The average Bonchev–Trinajstić information content (AvgIpc) is 2.94. The van der Waals surface area contributed by atoms with Crippen molar-refractivity contribution in [2.24, 2.45) is 23.7 Å². The van der Waals surface area contributed by atoms with Gasteiger partial charge in [0.1, 0.15) is 0 Å². The van der Waals surface area contributed by atoms with E-state index in [2.05, 4.69) is 162 Å². The summed E-state index contributed by atoms with van der Waals surface area (Å²) in [6.45, 7) is 29.2. The Labute approximate surface area is 258 Å². The molecule has 0 saturated heterocycles. The second-order valence-corrected chi connectivity index (χ2v) is 13.4. The van der Waals surface area contributed by atoms with Gasteiger partial charge in [0.25, 0.3) is 0 Å². The summed E-state index contributed by atoms with van der Waals surface area (Å²) in [5.74, 6) is 2.48. The average molecular weight is 571 g/mol. The Bertz CT molecular complexity index is 1070. The second kappa shape index (κ2) is 15.9. The Balaban J connectivity index is 2.02. The molecule has 4 nitrogen and oxygen atoms in total. The molecule has 0 bridgehead atoms. The lowest BCUT2D eigenvalue weighted by atomic mass is 10.1. The molecule has 0 spiro atoms. The molecule has 0 aromatic heterocycles. The molecule has 4 heteroatoms. The maximum absolute atomic E-state index is 2.54. The molecular formula is C38H58N4. The van der Waals surface area contributed by atoms with Gasteiger partial charge >= 0.3 is 0 Å². The molecule has 0 unspecified atom stereocenters. The van der Waals surface area contributed by atoms with E-state index >= 15 is 0 Å². The van der Waals surface area contributed by atoms with Crippen LogP contribution in [0.5, 0.6) is 0 Å². The monoisotopic (exact) mass is 570 g/mol. The number of hydrogen-bond acceptors (Lipinski definition) is 4. The van der Waals surface area contributed by atoms with Crippen LogP contribution in [0.25, 0.3) is 0 Å². The van der Waals surface area contributed by atoms with E-state index in [1.165, 1.54) is 34.1 Å². The van der Waals surface area contributed by atoms with Gasteiger partial charge in [-0.1, -0.05) is 55.4 Å². The van der Waals surface area contributed by atoms with Crippen molar-refractivity contribution >= 4 is 34.1 Å². The third-order valence-electron chi connectivity index (χ3n) is 7.52. The van der Waals surface area contributed by atoms with Crippen LogP contribution in [-0.4, -0.2) is 39.3 Å². The minimum atomic E-state index is 0.619. The predicted molar refractivity (Wildman–Crippen MR) is 188 cm³/mol. The summed E-state index contributed by atoms with van der Waals surface area (Å²) in [6.07, 6.45) is 0. The van der Waals surface area contributed by atoms with E-state index in [9.17, 15) is 0 Å². The molecule has 0 aliphatic heterocycles. The fourth-order valence-corrected chi connectivity index (χ4v) is 5.81. The van der Waals surface area contributed by atoms with Crippen LogP contribution in [0, 0.1) is 23.7 Å². The molecule has 0 atom stereocenters. The standard InChI is InChI=1S/C38H58N4/c1-11-39(12-2)33-13-19-36(20-14-33)42(37-21-15-34(16-22-37)40(25-29(3)4)26-30(5)6)38-23-17-35(18-24-38)41(27-31(7)8)28-32(9)10/h13-24,29-32H,11-12,25-28H2,1-10H3. The van der Waals surface area contributed by atoms with Crippen LogP contribution in [0.1, 0.15) is 69.2 Å². The van der Waals surface area contributed by atoms with Crippen molar-refractivity contribution in [3.05, 3.63) is 72.8 Å². The van der Waals surface area contributed by atoms with E-state index in [1.54, 1.807) is 0 Å². The predicted octanol–water partition coefficient (Wildman–Crippen LogP) is 10.2. The highest BCUT2D eigenvalue weighted by atomic mass is 15.2. The highest BCUT2D eigenvalue weighted by Crippen LogP contribution is 2.37. The highest BCUT2D eigenvalue weighted by Gasteiger charge is 2.17. The zero-order valence-corrected chi connectivity index (χ0v) is 28.3. The first-order valence-corrected chi connectivity index (χ1v) is 16.4. The minimum absolute atomic E-state index is 0.619. The van der Waals surface area contributed by atoms with Gasteiger partial charge < -0.3 is 19.6 Å². The summed E-state index contributed by atoms with van der Waals surface area (Å²) in [7, 11) is 0. The molecule has 0 saturated carbocycles. The normalized spacial score (nSPS) is 11.6. The van der Waals surface area contributed by atoms with Gasteiger partial charge in [-0.3, -0.25) is 0 Å². The summed E-state index contributed by atoms with van der Waals surface area (Å²) in [4.78, 5) is 9.86. The van der Waals surface area contributed by atoms with E-state index in [1.807, 2.05) is 0 Å². The van der Waals surface area contributed by atoms with Crippen molar-refractivity contribution in [3.63, 3.8) is 0 Å². The van der Waals surface area contributed by atoms with Gasteiger partial charge in [-0.25, -0.2) is 0 Å². The van der Waals surface area contributed by atoms with Crippen LogP contribution >= 0.6 is 0 Å².